The molecule has 1 saturated heterocycles. The van der Waals surface area contributed by atoms with Crippen LogP contribution < -0.4 is 5.32 Å². The van der Waals surface area contributed by atoms with E-state index in [2.05, 4.69) is 31.0 Å². The molecule has 1 aliphatic heterocycles. The van der Waals surface area contributed by atoms with Gasteiger partial charge in [-0.3, -0.25) is 4.90 Å². The summed E-state index contributed by atoms with van der Waals surface area (Å²) in [6.07, 6.45) is 2.13. The zero-order valence-electron chi connectivity index (χ0n) is 12.5. The van der Waals surface area contributed by atoms with Gasteiger partial charge >= 0.3 is 0 Å². The molecule has 1 heterocycles. The molecule has 1 aliphatic rings. The van der Waals surface area contributed by atoms with E-state index in [1.807, 2.05) is 0 Å². The summed E-state index contributed by atoms with van der Waals surface area (Å²) in [7, 11) is 0. The van der Waals surface area contributed by atoms with Crippen LogP contribution in [0.5, 0.6) is 0 Å². The van der Waals surface area contributed by atoms with Crippen LogP contribution in [0.4, 0.5) is 4.39 Å². The van der Waals surface area contributed by atoms with Crippen molar-refractivity contribution in [1.29, 1.82) is 0 Å². The molecule has 1 aromatic carbocycles. The maximum absolute atomic E-state index is 14.0. The molecule has 2 atom stereocenters. The fourth-order valence-corrected chi connectivity index (χ4v) is 2.98. The van der Waals surface area contributed by atoms with Crippen LogP contribution in [-0.2, 0) is 6.54 Å². The highest BCUT2D eigenvalue weighted by Gasteiger charge is 2.30. The lowest BCUT2D eigenvalue weighted by atomic mass is 9.98. The summed E-state index contributed by atoms with van der Waals surface area (Å²) in [4.78, 5) is 2.34. The third-order valence-corrected chi connectivity index (χ3v) is 4.85. The van der Waals surface area contributed by atoms with E-state index in [1.54, 1.807) is 12.1 Å². The molecule has 1 aromatic rings. The quantitative estimate of drug-likeness (QED) is 0.912. The standard InChI is InChI=1S/C16H24ClFN2/c1-4-16(3)11-20(12(2)8-9-19-16)10-13-14(17)6-5-7-15(13)18/h5-7,12,19H,4,8-11H2,1-3H3. The van der Waals surface area contributed by atoms with E-state index in [0.717, 1.165) is 25.9 Å². The highest BCUT2D eigenvalue weighted by molar-refractivity contribution is 6.31. The molecule has 2 rings (SSSR count). The van der Waals surface area contributed by atoms with Gasteiger partial charge in [0.2, 0.25) is 0 Å². The summed E-state index contributed by atoms with van der Waals surface area (Å²) in [5.74, 6) is -0.208. The van der Waals surface area contributed by atoms with E-state index in [4.69, 9.17) is 11.6 Å². The first-order valence-corrected chi connectivity index (χ1v) is 7.75. The molecule has 0 spiro atoms. The molecule has 1 N–H and O–H groups in total. The maximum Gasteiger partial charge on any atom is 0.129 e. The van der Waals surface area contributed by atoms with Gasteiger partial charge in [0.25, 0.3) is 0 Å². The minimum atomic E-state index is -0.208. The number of rotatable bonds is 3. The van der Waals surface area contributed by atoms with E-state index >= 15 is 0 Å². The zero-order valence-corrected chi connectivity index (χ0v) is 13.3. The highest BCUT2D eigenvalue weighted by Crippen LogP contribution is 2.25. The number of hydrogen-bond donors (Lipinski definition) is 1. The predicted molar refractivity (Wildman–Crippen MR) is 82.6 cm³/mol. The molecule has 0 saturated carbocycles. The molecule has 0 aliphatic carbocycles. The minimum absolute atomic E-state index is 0.0858. The lowest BCUT2D eigenvalue weighted by Gasteiger charge is -2.35. The maximum atomic E-state index is 14.0. The third kappa shape index (κ3) is 3.51. The molecule has 1 fully saturated rings. The Morgan fingerprint density at radius 2 is 2.25 bits per heavy atom. The Labute approximate surface area is 126 Å². The van der Waals surface area contributed by atoms with Crippen LogP contribution in [0.25, 0.3) is 0 Å². The highest BCUT2D eigenvalue weighted by atomic mass is 35.5. The van der Waals surface area contributed by atoms with E-state index in [1.165, 1.54) is 6.07 Å². The van der Waals surface area contributed by atoms with E-state index in [-0.39, 0.29) is 11.4 Å². The van der Waals surface area contributed by atoms with Gasteiger partial charge in [0.05, 0.1) is 0 Å². The zero-order chi connectivity index (χ0) is 14.8. The van der Waals surface area contributed by atoms with Crippen LogP contribution in [0.2, 0.25) is 5.02 Å². The Balaban J connectivity index is 2.21. The van der Waals surface area contributed by atoms with Crippen LogP contribution in [0.1, 0.15) is 39.2 Å². The van der Waals surface area contributed by atoms with Gasteiger partial charge in [-0.25, -0.2) is 4.39 Å². The summed E-state index contributed by atoms with van der Waals surface area (Å²) < 4.78 is 14.0. The fourth-order valence-electron chi connectivity index (χ4n) is 2.76. The molecule has 2 unspecified atom stereocenters. The second kappa shape index (κ2) is 6.42. The lowest BCUT2D eigenvalue weighted by Crippen LogP contribution is -2.49. The van der Waals surface area contributed by atoms with Crippen molar-refractivity contribution in [2.24, 2.45) is 0 Å². The second-order valence-electron chi connectivity index (χ2n) is 6.08. The first-order chi connectivity index (χ1) is 9.45. The van der Waals surface area contributed by atoms with Crippen LogP contribution in [0, 0.1) is 5.82 Å². The molecule has 4 heteroatoms. The molecule has 112 valence electrons. The fraction of sp³-hybridized carbons (Fsp3) is 0.625. The number of hydrogen-bond acceptors (Lipinski definition) is 2. The summed E-state index contributed by atoms with van der Waals surface area (Å²) in [5, 5.41) is 4.14. The van der Waals surface area contributed by atoms with Crippen molar-refractivity contribution in [3.63, 3.8) is 0 Å². The van der Waals surface area contributed by atoms with Crippen LogP contribution >= 0.6 is 11.6 Å². The Kier molecular flexibility index (Phi) is 5.05. The Morgan fingerprint density at radius 1 is 1.50 bits per heavy atom. The van der Waals surface area contributed by atoms with Crippen LogP contribution in [0.3, 0.4) is 0 Å². The number of benzene rings is 1. The largest absolute Gasteiger partial charge is 0.310 e. The first kappa shape index (κ1) is 15.7. The monoisotopic (exact) mass is 298 g/mol. The van der Waals surface area contributed by atoms with Gasteiger partial charge in [0.15, 0.2) is 0 Å². The molecular formula is C16H24ClFN2. The minimum Gasteiger partial charge on any atom is -0.310 e. The SMILES string of the molecule is CCC1(C)CN(Cc2c(F)cccc2Cl)C(C)CCN1. The van der Waals surface area contributed by atoms with E-state index < -0.39 is 0 Å². The van der Waals surface area contributed by atoms with Gasteiger partial charge in [0, 0.05) is 35.3 Å². The Morgan fingerprint density at radius 3 is 2.90 bits per heavy atom. The Hall–Kier alpha value is -0.640. The summed E-state index contributed by atoms with van der Waals surface area (Å²) in [6.45, 7) is 9.13. The molecule has 0 radical (unpaired) electrons. The topological polar surface area (TPSA) is 15.3 Å². The summed E-state index contributed by atoms with van der Waals surface area (Å²) in [6, 6.07) is 5.33. The molecule has 0 amide bonds. The predicted octanol–water partition coefficient (Wildman–Crippen LogP) is 3.83. The number of halogens is 2. The first-order valence-electron chi connectivity index (χ1n) is 7.37. The van der Waals surface area contributed by atoms with E-state index in [0.29, 0.717) is 23.2 Å². The average Bonchev–Trinajstić information content (AvgIpc) is 2.55. The normalized spacial score (nSPS) is 28.4. The number of nitrogens with one attached hydrogen (secondary N) is 1. The molecular weight excluding hydrogens is 275 g/mol. The van der Waals surface area contributed by atoms with Crippen molar-refractivity contribution in [3.8, 4) is 0 Å². The second-order valence-corrected chi connectivity index (χ2v) is 6.49. The van der Waals surface area contributed by atoms with Gasteiger partial charge in [0.1, 0.15) is 5.82 Å². The van der Waals surface area contributed by atoms with Gasteiger partial charge in [-0.05, 0) is 45.4 Å². The van der Waals surface area contributed by atoms with Crippen LogP contribution in [0.15, 0.2) is 18.2 Å². The lowest BCUT2D eigenvalue weighted by molar-refractivity contribution is 0.162. The molecule has 0 bridgehead atoms. The van der Waals surface area contributed by atoms with Gasteiger partial charge < -0.3 is 5.32 Å². The Bertz CT molecular complexity index is 446. The smallest absolute Gasteiger partial charge is 0.129 e. The van der Waals surface area contributed by atoms with E-state index in [9.17, 15) is 4.39 Å². The van der Waals surface area contributed by atoms with Crippen molar-refractivity contribution >= 4 is 11.6 Å². The summed E-state index contributed by atoms with van der Waals surface area (Å²) >= 11 is 6.16. The third-order valence-electron chi connectivity index (χ3n) is 4.49. The molecule has 20 heavy (non-hydrogen) atoms. The van der Waals surface area contributed by atoms with Gasteiger partial charge in [-0.15, -0.1) is 0 Å². The van der Waals surface area contributed by atoms with Crippen LogP contribution in [-0.4, -0.2) is 29.6 Å². The average molecular weight is 299 g/mol. The van der Waals surface area contributed by atoms with Crippen molar-refractivity contribution < 1.29 is 4.39 Å². The van der Waals surface area contributed by atoms with Crippen molar-refractivity contribution in [3.05, 3.63) is 34.6 Å². The number of nitrogens with zero attached hydrogens (tertiary/aromatic N) is 1. The van der Waals surface area contributed by atoms with Crippen molar-refractivity contribution in [1.82, 2.24) is 10.2 Å². The summed E-state index contributed by atoms with van der Waals surface area (Å²) in [5.41, 5.74) is 0.698. The molecule has 0 aromatic heterocycles. The molecule has 2 nitrogen and oxygen atoms in total. The van der Waals surface area contributed by atoms with Gasteiger partial charge in [-0.2, -0.15) is 0 Å². The van der Waals surface area contributed by atoms with Crippen molar-refractivity contribution in [2.45, 2.75) is 51.7 Å². The van der Waals surface area contributed by atoms with Gasteiger partial charge in [-0.1, -0.05) is 24.6 Å². The van der Waals surface area contributed by atoms with Crippen molar-refractivity contribution in [2.75, 3.05) is 13.1 Å².